The summed E-state index contributed by atoms with van der Waals surface area (Å²) in [5.41, 5.74) is 1.85. The van der Waals surface area contributed by atoms with Gasteiger partial charge in [-0.15, -0.1) is 0 Å². The summed E-state index contributed by atoms with van der Waals surface area (Å²) in [7, 11) is 3.46. The maximum Gasteiger partial charge on any atom is 0.230 e. The molecule has 0 aliphatic heterocycles. The van der Waals surface area contributed by atoms with E-state index >= 15 is 0 Å². The van der Waals surface area contributed by atoms with Crippen LogP contribution in [0.5, 0.6) is 11.5 Å². The molecule has 0 unspecified atom stereocenters. The molecule has 0 aromatic heterocycles. The summed E-state index contributed by atoms with van der Waals surface area (Å²) in [5, 5.41) is 0. The molecule has 2 aromatic carbocycles. The quantitative estimate of drug-likeness (QED) is 0.603. The Kier molecular flexibility index (Phi) is 5.52. The summed E-state index contributed by atoms with van der Waals surface area (Å²) in [6.07, 6.45) is 3.51. The van der Waals surface area contributed by atoms with E-state index in [1.54, 1.807) is 26.5 Å². The molecule has 0 aliphatic rings. The Balaban J connectivity index is 2.02. The number of nitrogens with zero attached hydrogens (tertiary/aromatic N) is 2. The minimum atomic E-state index is 0.128. The molecule has 2 aromatic rings. The minimum Gasteiger partial charge on any atom is -0.457 e. The van der Waals surface area contributed by atoms with Crippen molar-refractivity contribution in [1.82, 2.24) is 0 Å². The Hall–Kier alpha value is -2.62. The minimum absolute atomic E-state index is 0.128. The first-order valence-electron chi connectivity index (χ1n) is 6.63. The smallest absolute Gasteiger partial charge is 0.230 e. The molecule has 0 amide bonds. The normalized spacial score (nSPS) is 11.1. The predicted octanol–water partition coefficient (Wildman–Crippen LogP) is 3.20. The van der Waals surface area contributed by atoms with Gasteiger partial charge in [-0.1, -0.05) is 24.3 Å². The van der Waals surface area contributed by atoms with Crippen molar-refractivity contribution in [3.05, 3.63) is 59.7 Å². The largest absolute Gasteiger partial charge is 0.457 e. The number of hydrogen-bond donors (Lipinski definition) is 0. The summed E-state index contributed by atoms with van der Waals surface area (Å²) >= 11 is 0. The summed E-state index contributed by atoms with van der Waals surface area (Å²) in [5.74, 6) is 1.48. The van der Waals surface area contributed by atoms with Gasteiger partial charge in [0.15, 0.2) is 0 Å². The third kappa shape index (κ3) is 4.18. The van der Waals surface area contributed by atoms with Crippen LogP contribution in [0.25, 0.3) is 0 Å². The van der Waals surface area contributed by atoms with Gasteiger partial charge in [-0.2, -0.15) is 0 Å². The van der Waals surface area contributed by atoms with Gasteiger partial charge in [0.1, 0.15) is 11.5 Å². The molecule has 21 heavy (non-hydrogen) atoms. The van der Waals surface area contributed by atoms with Crippen LogP contribution < -0.4 is 9.47 Å². The van der Waals surface area contributed by atoms with Gasteiger partial charge >= 0.3 is 0 Å². The molecule has 0 bridgehead atoms. The summed E-state index contributed by atoms with van der Waals surface area (Å²) in [4.78, 5) is 8.02. The molecular weight excluding hydrogens is 264 g/mol. The third-order valence-electron chi connectivity index (χ3n) is 2.80. The van der Waals surface area contributed by atoms with Crippen molar-refractivity contribution in [1.29, 1.82) is 0 Å². The highest BCUT2D eigenvalue weighted by Gasteiger charge is 2.03. The standard InChI is InChI=1S/C17H18N2O2/c1-18-11-14-7-3-5-9-16(14)20-13-21-17-10-6-4-8-15(17)12-19-2/h3-12H,13H2,1-2H3. The lowest BCUT2D eigenvalue weighted by atomic mass is 10.2. The van der Waals surface area contributed by atoms with Gasteiger partial charge in [-0.25, -0.2) is 0 Å². The van der Waals surface area contributed by atoms with E-state index in [2.05, 4.69) is 9.98 Å². The first-order valence-corrected chi connectivity index (χ1v) is 6.63. The zero-order chi connectivity index (χ0) is 14.9. The van der Waals surface area contributed by atoms with E-state index in [0.29, 0.717) is 0 Å². The second kappa shape index (κ2) is 7.85. The van der Waals surface area contributed by atoms with Crippen LogP contribution in [-0.2, 0) is 0 Å². The van der Waals surface area contributed by atoms with Crippen LogP contribution in [-0.4, -0.2) is 33.3 Å². The van der Waals surface area contributed by atoms with Crippen molar-refractivity contribution in [3.63, 3.8) is 0 Å². The lowest BCUT2D eigenvalue weighted by Gasteiger charge is -2.11. The molecular formula is C17H18N2O2. The Morgan fingerprint density at radius 1 is 0.762 bits per heavy atom. The summed E-state index contributed by atoms with van der Waals surface area (Å²) in [6.45, 7) is 0.128. The lowest BCUT2D eigenvalue weighted by molar-refractivity contribution is 0.119. The van der Waals surface area contributed by atoms with Gasteiger partial charge in [-0.3, -0.25) is 9.98 Å². The molecule has 0 N–H and O–H groups in total. The zero-order valence-electron chi connectivity index (χ0n) is 12.2. The maximum atomic E-state index is 5.67. The second-order valence-electron chi connectivity index (χ2n) is 4.26. The molecule has 0 saturated heterocycles. The van der Waals surface area contributed by atoms with Crippen LogP contribution in [0.3, 0.4) is 0 Å². The second-order valence-corrected chi connectivity index (χ2v) is 4.26. The number of ether oxygens (including phenoxy) is 2. The fraction of sp³-hybridized carbons (Fsp3) is 0.176. The third-order valence-corrected chi connectivity index (χ3v) is 2.80. The first kappa shape index (κ1) is 14.8. The van der Waals surface area contributed by atoms with E-state index in [0.717, 1.165) is 22.6 Å². The average Bonchev–Trinajstić information content (AvgIpc) is 2.51. The van der Waals surface area contributed by atoms with Gasteiger partial charge in [0, 0.05) is 37.7 Å². The van der Waals surface area contributed by atoms with Gasteiger partial charge in [-0.05, 0) is 24.3 Å². The molecule has 0 heterocycles. The molecule has 4 nitrogen and oxygen atoms in total. The number of benzene rings is 2. The van der Waals surface area contributed by atoms with Crippen LogP contribution in [0, 0.1) is 0 Å². The molecule has 2 rings (SSSR count). The molecule has 0 fully saturated rings. The van der Waals surface area contributed by atoms with Crippen LogP contribution in [0.15, 0.2) is 58.5 Å². The summed E-state index contributed by atoms with van der Waals surface area (Å²) < 4.78 is 11.3. The van der Waals surface area contributed by atoms with Gasteiger partial charge in [0.25, 0.3) is 0 Å². The molecule has 0 spiro atoms. The predicted molar refractivity (Wildman–Crippen MR) is 86.0 cm³/mol. The zero-order valence-corrected chi connectivity index (χ0v) is 12.2. The van der Waals surface area contributed by atoms with Crippen LogP contribution in [0.1, 0.15) is 11.1 Å². The van der Waals surface area contributed by atoms with Crippen molar-refractivity contribution < 1.29 is 9.47 Å². The fourth-order valence-corrected chi connectivity index (χ4v) is 1.87. The highest BCUT2D eigenvalue weighted by molar-refractivity contribution is 5.83. The molecule has 0 saturated carbocycles. The molecule has 0 aliphatic carbocycles. The molecule has 0 radical (unpaired) electrons. The molecule has 4 heteroatoms. The molecule has 0 atom stereocenters. The van der Waals surface area contributed by atoms with Crippen molar-refractivity contribution in [3.8, 4) is 11.5 Å². The van der Waals surface area contributed by atoms with Crippen LogP contribution in [0.2, 0.25) is 0 Å². The van der Waals surface area contributed by atoms with E-state index in [1.807, 2.05) is 48.5 Å². The van der Waals surface area contributed by atoms with Crippen molar-refractivity contribution in [2.75, 3.05) is 20.9 Å². The Morgan fingerprint density at radius 3 is 1.62 bits per heavy atom. The Labute approximate surface area is 124 Å². The van der Waals surface area contributed by atoms with Gasteiger partial charge < -0.3 is 9.47 Å². The number of aliphatic imine (C=N–C) groups is 2. The first-order chi connectivity index (χ1) is 10.3. The average molecular weight is 282 g/mol. The Bertz CT molecular complexity index is 581. The maximum absolute atomic E-state index is 5.67. The fourth-order valence-electron chi connectivity index (χ4n) is 1.87. The van der Waals surface area contributed by atoms with E-state index in [-0.39, 0.29) is 6.79 Å². The van der Waals surface area contributed by atoms with Crippen LogP contribution >= 0.6 is 0 Å². The SMILES string of the molecule is CN=Cc1ccccc1OCOc1ccccc1C=NC. The van der Waals surface area contributed by atoms with E-state index in [4.69, 9.17) is 9.47 Å². The number of hydrogen-bond acceptors (Lipinski definition) is 4. The van der Waals surface area contributed by atoms with Gasteiger partial charge in [0.05, 0.1) is 0 Å². The van der Waals surface area contributed by atoms with Crippen molar-refractivity contribution in [2.45, 2.75) is 0 Å². The number of rotatable bonds is 6. The van der Waals surface area contributed by atoms with E-state index in [9.17, 15) is 0 Å². The van der Waals surface area contributed by atoms with E-state index < -0.39 is 0 Å². The van der Waals surface area contributed by atoms with Crippen molar-refractivity contribution >= 4 is 12.4 Å². The molecule has 108 valence electrons. The summed E-state index contributed by atoms with van der Waals surface area (Å²) in [6, 6.07) is 15.4. The Morgan fingerprint density at radius 2 is 1.19 bits per heavy atom. The lowest BCUT2D eigenvalue weighted by Crippen LogP contribution is -2.08. The topological polar surface area (TPSA) is 43.2 Å². The monoisotopic (exact) mass is 282 g/mol. The highest BCUT2D eigenvalue weighted by atomic mass is 16.7. The van der Waals surface area contributed by atoms with E-state index in [1.165, 1.54) is 0 Å². The number of para-hydroxylation sites is 2. The van der Waals surface area contributed by atoms with Crippen LogP contribution in [0.4, 0.5) is 0 Å². The highest BCUT2D eigenvalue weighted by Crippen LogP contribution is 2.18. The van der Waals surface area contributed by atoms with Crippen molar-refractivity contribution in [2.24, 2.45) is 9.98 Å². The van der Waals surface area contributed by atoms with Gasteiger partial charge in [0.2, 0.25) is 6.79 Å².